The minimum atomic E-state index is -0.328. The van der Waals surface area contributed by atoms with Crippen LogP contribution in [0, 0.1) is 0 Å². The summed E-state index contributed by atoms with van der Waals surface area (Å²) < 4.78 is 4.78. The Morgan fingerprint density at radius 2 is 2.15 bits per heavy atom. The van der Waals surface area contributed by atoms with E-state index < -0.39 is 0 Å². The van der Waals surface area contributed by atoms with Gasteiger partial charge in [-0.05, 0) is 45.1 Å². The molecule has 1 unspecified atom stereocenters. The highest BCUT2D eigenvalue weighted by molar-refractivity contribution is 5.92. The van der Waals surface area contributed by atoms with Gasteiger partial charge in [-0.15, -0.1) is 0 Å². The van der Waals surface area contributed by atoms with Crippen molar-refractivity contribution in [2.45, 2.75) is 19.4 Å². The fourth-order valence-corrected chi connectivity index (χ4v) is 2.77. The number of carbonyl (C=O) groups excluding carboxylic acids is 1. The van der Waals surface area contributed by atoms with Crippen molar-refractivity contribution >= 4 is 17.3 Å². The molecule has 5 nitrogen and oxygen atoms in total. The third-order valence-corrected chi connectivity index (χ3v) is 3.81. The SMILES string of the molecule is COC(=O)c1ccc(N)c(N2CCCN(C)CC2C)c1. The lowest BCUT2D eigenvalue weighted by molar-refractivity contribution is 0.0601. The maximum Gasteiger partial charge on any atom is 0.337 e. The van der Waals surface area contributed by atoms with Gasteiger partial charge in [-0.25, -0.2) is 4.79 Å². The third-order valence-electron chi connectivity index (χ3n) is 3.81. The van der Waals surface area contributed by atoms with Crippen LogP contribution in [0.4, 0.5) is 11.4 Å². The van der Waals surface area contributed by atoms with Crippen molar-refractivity contribution < 1.29 is 9.53 Å². The number of esters is 1. The zero-order valence-electron chi connectivity index (χ0n) is 12.4. The number of carbonyl (C=O) groups is 1. The molecular weight excluding hydrogens is 254 g/mol. The number of nitrogen functional groups attached to an aromatic ring is 1. The quantitative estimate of drug-likeness (QED) is 0.657. The molecule has 20 heavy (non-hydrogen) atoms. The molecule has 1 aromatic rings. The van der Waals surface area contributed by atoms with Crippen molar-refractivity contribution in [1.82, 2.24) is 4.90 Å². The summed E-state index contributed by atoms with van der Waals surface area (Å²) in [4.78, 5) is 16.3. The van der Waals surface area contributed by atoms with Crippen LogP contribution in [0.5, 0.6) is 0 Å². The van der Waals surface area contributed by atoms with Crippen LogP contribution in [0.3, 0.4) is 0 Å². The third kappa shape index (κ3) is 3.04. The first-order valence-corrected chi connectivity index (χ1v) is 6.96. The normalized spacial score (nSPS) is 20.6. The Labute approximate surface area is 120 Å². The molecule has 1 atom stereocenters. The Hall–Kier alpha value is -1.75. The largest absolute Gasteiger partial charge is 0.465 e. The van der Waals surface area contributed by atoms with E-state index in [1.807, 2.05) is 6.07 Å². The topological polar surface area (TPSA) is 58.8 Å². The van der Waals surface area contributed by atoms with Crippen LogP contribution in [0.2, 0.25) is 0 Å². The molecule has 0 aliphatic carbocycles. The van der Waals surface area contributed by atoms with Crippen LogP contribution < -0.4 is 10.6 Å². The van der Waals surface area contributed by atoms with E-state index in [9.17, 15) is 4.79 Å². The first-order chi connectivity index (χ1) is 9.52. The average molecular weight is 277 g/mol. The monoisotopic (exact) mass is 277 g/mol. The lowest BCUT2D eigenvalue weighted by atomic mass is 10.1. The van der Waals surface area contributed by atoms with Crippen LogP contribution in [-0.4, -0.2) is 50.7 Å². The lowest BCUT2D eigenvalue weighted by Gasteiger charge is -2.31. The summed E-state index contributed by atoms with van der Waals surface area (Å²) in [6.45, 7) is 5.20. The van der Waals surface area contributed by atoms with Gasteiger partial charge in [0.05, 0.1) is 24.0 Å². The van der Waals surface area contributed by atoms with Gasteiger partial charge in [0, 0.05) is 19.1 Å². The van der Waals surface area contributed by atoms with E-state index in [4.69, 9.17) is 10.5 Å². The summed E-state index contributed by atoms with van der Waals surface area (Å²) in [7, 11) is 3.52. The zero-order chi connectivity index (χ0) is 14.7. The van der Waals surface area contributed by atoms with E-state index in [1.54, 1.807) is 12.1 Å². The van der Waals surface area contributed by atoms with Gasteiger partial charge in [-0.3, -0.25) is 0 Å². The molecule has 0 saturated carbocycles. The molecule has 0 amide bonds. The smallest absolute Gasteiger partial charge is 0.337 e. The van der Waals surface area contributed by atoms with E-state index in [-0.39, 0.29) is 5.97 Å². The summed E-state index contributed by atoms with van der Waals surface area (Å²) in [6, 6.07) is 5.68. The Bertz CT molecular complexity index is 490. The van der Waals surface area contributed by atoms with E-state index in [1.165, 1.54) is 7.11 Å². The minimum Gasteiger partial charge on any atom is -0.465 e. The summed E-state index contributed by atoms with van der Waals surface area (Å²) in [6.07, 6.45) is 1.09. The molecule has 0 bridgehead atoms. The Kier molecular flexibility index (Phi) is 4.49. The lowest BCUT2D eigenvalue weighted by Crippen LogP contribution is -2.38. The van der Waals surface area contributed by atoms with E-state index in [0.29, 0.717) is 17.3 Å². The fourth-order valence-electron chi connectivity index (χ4n) is 2.77. The van der Waals surface area contributed by atoms with Crippen LogP contribution in [0.15, 0.2) is 18.2 Å². The van der Waals surface area contributed by atoms with Crippen molar-refractivity contribution in [3.8, 4) is 0 Å². The number of nitrogens with two attached hydrogens (primary N) is 1. The first kappa shape index (κ1) is 14.7. The Balaban J connectivity index is 2.32. The highest BCUT2D eigenvalue weighted by Crippen LogP contribution is 2.28. The van der Waals surface area contributed by atoms with Gasteiger partial charge in [0.15, 0.2) is 0 Å². The second-order valence-electron chi connectivity index (χ2n) is 5.42. The molecule has 0 aromatic heterocycles. The van der Waals surface area contributed by atoms with Gasteiger partial charge >= 0.3 is 5.97 Å². The molecule has 0 spiro atoms. The van der Waals surface area contributed by atoms with Gasteiger partial charge in [-0.1, -0.05) is 0 Å². The van der Waals surface area contributed by atoms with Crippen molar-refractivity contribution in [2.24, 2.45) is 0 Å². The number of benzene rings is 1. The summed E-state index contributed by atoms with van der Waals surface area (Å²) in [5.74, 6) is -0.328. The van der Waals surface area contributed by atoms with Crippen LogP contribution >= 0.6 is 0 Å². The molecule has 110 valence electrons. The standard InChI is InChI=1S/C15H23N3O2/c1-11-10-17(2)7-4-8-18(11)14-9-12(15(19)20-3)5-6-13(14)16/h5-6,9,11H,4,7-8,10,16H2,1-3H3. The second-order valence-corrected chi connectivity index (χ2v) is 5.42. The second kappa shape index (κ2) is 6.13. The minimum absolute atomic E-state index is 0.328. The summed E-state index contributed by atoms with van der Waals surface area (Å²) >= 11 is 0. The molecule has 1 saturated heterocycles. The van der Waals surface area contributed by atoms with Gasteiger partial charge in [-0.2, -0.15) is 0 Å². The van der Waals surface area contributed by atoms with Crippen molar-refractivity contribution in [1.29, 1.82) is 0 Å². The summed E-state index contributed by atoms with van der Waals surface area (Å²) in [5, 5.41) is 0. The van der Waals surface area contributed by atoms with E-state index in [0.717, 1.165) is 31.7 Å². The highest BCUT2D eigenvalue weighted by atomic mass is 16.5. The van der Waals surface area contributed by atoms with Gasteiger partial charge in [0.25, 0.3) is 0 Å². The molecule has 1 aromatic carbocycles. The maximum atomic E-state index is 11.7. The number of likely N-dealkylation sites (N-methyl/N-ethyl adjacent to an activating group) is 1. The van der Waals surface area contributed by atoms with Crippen LogP contribution in [0.1, 0.15) is 23.7 Å². The van der Waals surface area contributed by atoms with E-state index in [2.05, 4.69) is 23.8 Å². The Morgan fingerprint density at radius 1 is 1.40 bits per heavy atom. The van der Waals surface area contributed by atoms with Gasteiger partial charge < -0.3 is 20.3 Å². The van der Waals surface area contributed by atoms with Crippen LogP contribution in [-0.2, 0) is 4.74 Å². The highest BCUT2D eigenvalue weighted by Gasteiger charge is 2.22. The predicted octanol–water partition coefficient (Wildman–Crippen LogP) is 1.59. The first-order valence-electron chi connectivity index (χ1n) is 6.96. The average Bonchev–Trinajstić information content (AvgIpc) is 2.59. The molecule has 1 heterocycles. The number of rotatable bonds is 2. The number of methoxy groups -OCH3 is 1. The number of anilines is 2. The number of ether oxygens (including phenoxy) is 1. The number of hydrogen-bond donors (Lipinski definition) is 1. The molecule has 1 aliphatic rings. The molecule has 0 radical (unpaired) electrons. The van der Waals surface area contributed by atoms with E-state index >= 15 is 0 Å². The van der Waals surface area contributed by atoms with Gasteiger partial charge in [0.1, 0.15) is 0 Å². The zero-order valence-corrected chi connectivity index (χ0v) is 12.4. The molecule has 1 fully saturated rings. The van der Waals surface area contributed by atoms with Crippen molar-refractivity contribution in [2.75, 3.05) is 44.4 Å². The van der Waals surface area contributed by atoms with Gasteiger partial charge in [0.2, 0.25) is 0 Å². The predicted molar refractivity (Wildman–Crippen MR) is 81.1 cm³/mol. The molecule has 2 rings (SSSR count). The number of hydrogen-bond acceptors (Lipinski definition) is 5. The van der Waals surface area contributed by atoms with Crippen molar-refractivity contribution in [3.63, 3.8) is 0 Å². The molecule has 2 N–H and O–H groups in total. The Morgan fingerprint density at radius 3 is 2.85 bits per heavy atom. The molecule has 1 aliphatic heterocycles. The molecule has 5 heteroatoms. The maximum absolute atomic E-state index is 11.7. The fraction of sp³-hybridized carbons (Fsp3) is 0.533. The summed E-state index contributed by atoms with van der Waals surface area (Å²) in [5.41, 5.74) is 8.27. The van der Waals surface area contributed by atoms with Crippen molar-refractivity contribution in [3.05, 3.63) is 23.8 Å². The molecular formula is C15H23N3O2. The number of nitrogens with zero attached hydrogens (tertiary/aromatic N) is 2. The van der Waals surface area contributed by atoms with Crippen LogP contribution in [0.25, 0.3) is 0 Å².